The third kappa shape index (κ3) is 17.4. The van der Waals surface area contributed by atoms with E-state index in [1.807, 2.05) is 241 Å². The van der Waals surface area contributed by atoms with Gasteiger partial charge in [0.25, 0.3) is 22.2 Å². The number of aromatic nitrogens is 9. The van der Waals surface area contributed by atoms with E-state index in [-0.39, 0.29) is 58.7 Å². The van der Waals surface area contributed by atoms with E-state index in [4.69, 9.17) is 9.47 Å². The molecule has 7 heterocycles. The molecule has 2 aliphatic heterocycles. The van der Waals surface area contributed by atoms with Gasteiger partial charge in [-0.15, -0.1) is 11.3 Å². The molecule has 0 radical (unpaired) electrons. The molecule has 118 heavy (non-hydrogen) atoms. The number of ether oxygens (including phenoxy) is 2. The fourth-order valence-electron chi connectivity index (χ4n) is 14.3. The summed E-state index contributed by atoms with van der Waals surface area (Å²) in [5, 5.41) is 38.6. The molecular formula is C94H73N13O10S. The molecule has 5 aromatic heterocycles. The van der Waals surface area contributed by atoms with Crippen molar-refractivity contribution in [3.63, 3.8) is 0 Å². The highest BCUT2D eigenvalue weighted by molar-refractivity contribution is 7.16. The van der Waals surface area contributed by atoms with Crippen LogP contribution in [0.5, 0.6) is 11.5 Å². The molecule has 6 N–H and O–H groups in total. The molecule has 0 aliphatic carbocycles. The van der Waals surface area contributed by atoms with Crippen LogP contribution in [-0.2, 0) is 51.3 Å². The molecule has 0 spiro atoms. The van der Waals surface area contributed by atoms with Gasteiger partial charge in [0.1, 0.15) is 13.2 Å². The standard InChI is InChI=1S/C24H19N3O4.C24H19N3O2.C23H16N4O2S.C23H19N3O2/c28-22(25-17-9-10-20-21(14-17)31-12-11-30-20)13-15-5-7-16(8-6-15)23-18-3-1-2-4-19(18)24(29)27-26-23;28-22(27-14-13-17-5-1-4-8-21(17)27)15-16-9-11-18(12-10-16)23-19-6-2-3-7-20(19)24(29)26-25-23;28-21(25-16-9-10-19-20(12-16)30-13-24-19)11-14-5-7-15(8-6-14)22-17-3-1-2-4-18(17)23(29)27-26-22;1-26(18-7-3-2-4-8-18)21(27)15-16-11-13-17(14-12-16)22-19-9-5-6-10-20(19)23(28)25-24-22/h1-10,14H,11-13H2,(H,25,28)(H,27,29);1-12H,13-15H2,(H,26,29);1-10,12-13H,11H2,(H,25,28)(H,27,29);2-14H,15H2,1H3,(H,25,28). The van der Waals surface area contributed by atoms with Gasteiger partial charge in [0, 0.05) is 86.2 Å². The van der Waals surface area contributed by atoms with Crippen LogP contribution in [0.15, 0.2) is 310 Å². The monoisotopic (exact) mass is 1580 g/mol. The molecule has 12 aromatic carbocycles. The van der Waals surface area contributed by atoms with E-state index in [0.717, 1.165) is 118 Å². The van der Waals surface area contributed by atoms with Gasteiger partial charge in [-0.3, -0.25) is 38.4 Å². The van der Waals surface area contributed by atoms with E-state index in [1.54, 1.807) is 71.3 Å². The van der Waals surface area contributed by atoms with Gasteiger partial charge in [-0.25, -0.2) is 25.4 Å². The maximum Gasteiger partial charge on any atom is 0.272 e. The lowest BCUT2D eigenvalue weighted by Gasteiger charge is -2.19. The van der Waals surface area contributed by atoms with E-state index in [9.17, 15) is 38.4 Å². The number of nitrogens with zero attached hydrogens (tertiary/aromatic N) is 7. The molecule has 17 aromatic rings. The Balaban J connectivity index is 0.000000118. The molecule has 2 aliphatic rings. The number of hydrogen-bond acceptors (Lipinski definition) is 16. The van der Waals surface area contributed by atoms with Crippen LogP contribution in [-0.4, -0.2) is 96.2 Å². The fraction of sp³-hybridized carbons (Fsp3) is 0.0957. The quantitative estimate of drug-likeness (QED) is 0.0556. The summed E-state index contributed by atoms with van der Waals surface area (Å²) < 4.78 is 12.1. The number of H-pyrrole nitrogens is 4. The van der Waals surface area contributed by atoms with Crippen LogP contribution in [0.2, 0.25) is 0 Å². The number of fused-ring (bicyclic) bond motifs is 7. The number of likely N-dealkylation sites (N-methyl/N-ethyl adjacent to an activating group) is 1. The van der Waals surface area contributed by atoms with Crippen LogP contribution < -0.4 is 52.1 Å². The minimum absolute atomic E-state index is 0.0200. The molecule has 23 nitrogen and oxygen atoms in total. The van der Waals surface area contributed by atoms with Crippen LogP contribution >= 0.6 is 11.3 Å². The van der Waals surface area contributed by atoms with Gasteiger partial charge in [-0.1, -0.05) is 206 Å². The highest BCUT2D eigenvalue weighted by atomic mass is 32.1. The first-order valence-corrected chi connectivity index (χ1v) is 38.9. The van der Waals surface area contributed by atoms with Crippen molar-refractivity contribution in [1.82, 2.24) is 45.8 Å². The van der Waals surface area contributed by atoms with Crippen molar-refractivity contribution in [2.24, 2.45) is 0 Å². The number of amides is 4. The van der Waals surface area contributed by atoms with Crippen molar-refractivity contribution >= 4 is 111 Å². The van der Waals surface area contributed by atoms with E-state index < -0.39 is 0 Å². The minimum atomic E-state index is -0.216. The SMILES string of the molecule is CN(C(=O)Cc1ccc(-c2n[nH]c(=O)c3ccccc23)cc1)c1ccccc1.O=C(Cc1ccc(-c2n[nH]c(=O)c3ccccc23)cc1)N1CCc2ccccc21.O=C(Cc1ccc(-c2n[nH]c(=O)c3ccccc23)cc1)Nc1ccc2c(c1)OCCO2.O=C(Cc1ccc(-c2n[nH]c(=O)c3ccccc23)cc1)Nc1ccc2ncsc2c1. The van der Waals surface area contributed by atoms with Gasteiger partial charge in [-0.05, 0) is 107 Å². The Morgan fingerprint density at radius 1 is 0.407 bits per heavy atom. The maximum absolute atomic E-state index is 12.8. The molecule has 0 bridgehead atoms. The van der Waals surface area contributed by atoms with Crippen molar-refractivity contribution in [1.29, 1.82) is 0 Å². The van der Waals surface area contributed by atoms with Crippen LogP contribution in [0.4, 0.5) is 22.7 Å². The third-order valence-corrected chi connectivity index (χ3v) is 21.1. The number of nitrogens with one attached hydrogen (secondary N) is 6. The number of hydrogen-bond donors (Lipinski definition) is 6. The van der Waals surface area contributed by atoms with Gasteiger partial charge in [0.2, 0.25) is 23.6 Å². The average Bonchev–Trinajstić information content (AvgIpc) is 0.854. The highest BCUT2D eigenvalue weighted by Crippen LogP contribution is 2.35. The molecule has 0 saturated carbocycles. The molecular weight excluding hydrogens is 1500 g/mol. The Labute approximate surface area is 677 Å². The molecule has 0 unspecified atom stereocenters. The summed E-state index contributed by atoms with van der Waals surface area (Å²) in [6, 6.07) is 89.0. The Morgan fingerprint density at radius 3 is 1.25 bits per heavy atom. The first-order chi connectivity index (χ1) is 57.7. The Kier molecular flexibility index (Phi) is 22.6. The zero-order chi connectivity index (χ0) is 81.0. The molecule has 19 rings (SSSR count). The maximum atomic E-state index is 12.8. The average molecular weight is 1580 g/mol. The lowest BCUT2D eigenvalue weighted by atomic mass is 10.0. The van der Waals surface area contributed by atoms with Gasteiger partial charge in [0.05, 0.1) is 85.7 Å². The van der Waals surface area contributed by atoms with Crippen molar-refractivity contribution in [3.05, 3.63) is 360 Å². The highest BCUT2D eigenvalue weighted by Gasteiger charge is 2.25. The molecule has 24 heteroatoms. The summed E-state index contributed by atoms with van der Waals surface area (Å²) >= 11 is 1.54. The Hall–Kier alpha value is -15.4. The van der Waals surface area contributed by atoms with E-state index in [0.29, 0.717) is 76.2 Å². The zero-order valence-corrected chi connectivity index (χ0v) is 64.3. The largest absolute Gasteiger partial charge is 0.486 e. The van der Waals surface area contributed by atoms with Gasteiger partial charge < -0.3 is 29.9 Å². The van der Waals surface area contributed by atoms with Gasteiger partial charge in [-0.2, -0.15) is 20.4 Å². The molecule has 4 amide bonds. The predicted octanol–water partition coefficient (Wildman–Crippen LogP) is 15.4. The van der Waals surface area contributed by atoms with Crippen LogP contribution in [0.1, 0.15) is 27.8 Å². The summed E-state index contributed by atoms with van der Waals surface area (Å²) in [6.07, 6.45) is 2.07. The third-order valence-electron chi connectivity index (χ3n) is 20.3. The number of aromatic amines is 4. The first-order valence-electron chi connectivity index (χ1n) is 38.0. The zero-order valence-electron chi connectivity index (χ0n) is 63.5. The van der Waals surface area contributed by atoms with Gasteiger partial charge >= 0.3 is 0 Å². The second kappa shape index (κ2) is 34.9. The predicted molar refractivity (Wildman–Crippen MR) is 463 cm³/mol. The summed E-state index contributed by atoms with van der Waals surface area (Å²) in [5.74, 6) is 1.23. The van der Waals surface area contributed by atoms with Crippen molar-refractivity contribution in [3.8, 4) is 56.5 Å². The number of carbonyl (C=O) groups is 4. The topological polar surface area (TPSA) is 313 Å². The summed E-state index contributed by atoms with van der Waals surface area (Å²) in [6.45, 7) is 1.76. The number of benzene rings is 12. The van der Waals surface area contributed by atoms with Crippen molar-refractivity contribution < 1.29 is 28.7 Å². The van der Waals surface area contributed by atoms with E-state index in [1.165, 1.54) is 5.56 Å². The Bertz CT molecular complexity index is 6880. The second-order valence-corrected chi connectivity index (χ2v) is 28.9. The summed E-state index contributed by atoms with van der Waals surface area (Å²) in [5.41, 5.74) is 16.5. The first kappa shape index (κ1) is 76.6. The number of thiazole rings is 1. The lowest BCUT2D eigenvalue weighted by Crippen LogP contribution is -2.30. The fourth-order valence-corrected chi connectivity index (χ4v) is 15.0. The van der Waals surface area contributed by atoms with Crippen molar-refractivity contribution in [2.75, 3.05) is 47.2 Å². The van der Waals surface area contributed by atoms with Crippen molar-refractivity contribution in [2.45, 2.75) is 32.1 Å². The summed E-state index contributed by atoms with van der Waals surface area (Å²) in [4.78, 5) is 106. The van der Waals surface area contributed by atoms with Gasteiger partial charge in [0.15, 0.2) is 11.5 Å². The second-order valence-electron chi connectivity index (χ2n) is 28.0. The van der Waals surface area contributed by atoms with Crippen LogP contribution in [0, 0.1) is 0 Å². The summed E-state index contributed by atoms with van der Waals surface area (Å²) in [7, 11) is 1.78. The number of rotatable bonds is 15. The number of carbonyl (C=O) groups excluding carboxylic acids is 4. The molecule has 0 fully saturated rings. The number of para-hydroxylation sites is 2. The smallest absolute Gasteiger partial charge is 0.272 e. The lowest BCUT2D eigenvalue weighted by molar-refractivity contribution is -0.118. The molecule has 0 saturated heterocycles. The van der Waals surface area contributed by atoms with Crippen LogP contribution in [0.3, 0.4) is 0 Å². The normalized spacial score (nSPS) is 11.8. The van der Waals surface area contributed by atoms with E-state index in [2.05, 4.69) is 62.5 Å². The Morgan fingerprint density at radius 2 is 0.788 bits per heavy atom. The minimum Gasteiger partial charge on any atom is -0.486 e. The van der Waals surface area contributed by atoms with E-state index >= 15 is 0 Å². The van der Waals surface area contributed by atoms with Crippen LogP contribution in [0.25, 0.3) is 98.3 Å². The molecule has 0 atom stereocenters. The molecule has 580 valence electrons. The number of anilines is 4.